The van der Waals surface area contributed by atoms with Gasteiger partial charge in [-0.15, -0.1) is 0 Å². The van der Waals surface area contributed by atoms with Crippen molar-refractivity contribution in [3.63, 3.8) is 0 Å². The molecule has 1 aromatic carbocycles. The van der Waals surface area contributed by atoms with Crippen LogP contribution in [-0.4, -0.2) is 11.7 Å². The maximum atomic E-state index is 10.5. The zero-order valence-electron chi connectivity index (χ0n) is 9.16. The summed E-state index contributed by atoms with van der Waals surface area (Å²) in [7, 11) is 0. The van der Waals surface area contributed by atoms with E-state index in [0.717, 1.165) is 11.3 Å². The SMILES string of the molecule is C/C(=N\NC(N)=O)c1ccc(C)c(C)c1. The highest BCUT2D eigenvalue weighted by atomic mass is 16.2. The van der Waals surface area contributed by atoms with E-state index >= 15 is 0 Å². The zero-order valence-corrected chi connectivity index (χ0v) is 9.16. The Balaban J connectivity index is 2.91. The molecule has 0 aliphatic heterocycles. The molecule has 4 heteroatoms. The molecule has 0 atom stereocenters. The number of benzene rings is 1. The molecule has 1 rings (SSSR count). The Labute approximate surface area is 89.2 Å². The van der Waals surface area contributed by atoms with Crippen LogP contribution in [0.4, 0.5) is 4.79 Å². The number of nitrogens with zero attached hydrogens (tertiary/aromatic N) is 1. The summed E-state index contributed by atoms with van der Waals surface area (Å²) in [5.74, 6) is 0. The van der Waals surface area contributed by atoms with Crippen molar-refractivity contribution in [1.29, 1.82) is 0 Å². The average molecular weight is 205 g/mol. The number of hydrogen-bond acceptors (Lipinski definition) is 2. The van der Waals surface area contributed by atoms with Gasteiger partial charge >= 0.3 is 6.03 Å². The minimum atomic E-state index is -0.654. The molecule has 0 aliphatic rings. The molecular formula is C11H15N3O. The van der Waals surface area contributed by atoms with Gasteiger partial charge in [0, 0.05) is 0 Å². The molecule has 0 saturated carbocycles. The number of urea groups is 1. The monoisotopic (exact) mass is 205 g/mol. The van der Waals surface area contributed by atoms with Crippen molar-refractivity contribution < 1.29 is 4.79 Å². The van der Waals surface area contributed by atoms with Crippen molar-refractivity contribution in [3.8, 4) is 0 Å². The molecule has 2 amide bonds. The number of amides is 2. The van der Waals surface area contributed by atoms with Crippen LogP contribution in [0, 0.1) is 13.8 Å². The van der Waals surface area contributed by atoms with Crippen LogP contribution in [-0.2, 0) is 0 Å². The standard InChI is InChI=1S/C11H15N3O/c1-7-4-5-10(6-8(7)2)9(3)13-14-11(12)15/h4-6H,1-3H3,(H3,12,14,15)/b13-9+. The molecule has 0 radical (unpaired) electrons. The second-order valence-corrected chi connectivity index (χ2v) is 3.47. The van der Waals surface area contributed by atoms with E-state index in [4.69, 9.17) is 5.73 Å². The van der Waals surface area contributed by atoms with Crippen molar-refractivity contribution in [2.75, 3.05) is 0 Å². The third-order valence-corrected chi connectivity index (χ3v) is 2.26. The third-order valence-electron chi connectivity index (χ3n) is 2.26. The van der Waals surface area contributed by atoms with E-state index in [1.165, 1.54) is 11.1 Å². The molecule has 0 saturated heterocycles. The number of carbonyl (C=O) groups excluding carboxylic acids is 1. The van der Waals surface area contributed by atoms with E-state index < -0.39 is 6.03 Å². The van der Waals surface area contributed by atoms with Gasteiger partial charge in [0.15, 0.2) is 0 Å². The van der Waals surface area contributed by atoms with Crippen LogP contribution in [0.5, 0.6) is 0 Å². The van der Waals surface area contributed by atoms with Crippen molar-refractivity contribution in [2.45, 2.75) is 20.8 Å². The Bertz CT molecular complexity index is 410. The Morgan fingerprint density at radius 1 is 1.33 bits per heavy atom. The lowest BCUT2D eigenvalue weighted by Crippen LogP contribution is -2.25. The zero-order chi connectivity index (χ0) is 11.4. The van der Waals surface area contributed by atoms with Gasteiger partial charge in [-0.3, -0.25) is 0 Å². The van der Waals surface area contributed by atoms with Gasteiger partial charge in [0.25, 0.3) is 0 Å². The first kappa shape index (κ1) is 11.2. The molecule has 3 N–H and O–H groups in total. The Kier molecular flexibility index (Phi) is 3.44. The van der Waals surface area contributed by atoms with Crippen molar-refractivity contribution in [2.24, 2.45) is 10.8 Å². The Morgan fingerprint density at radius 2 is 2.00 bits per heavy atom. The highest BCUT2D eigenvalue weighted by Gasteiger charge is 2.00. The number of carbonyl (C=O) groups is 1. The van der Waals surface area contributed by atoms with Gasteiger partial charge in [-0.2, -0.15) is 5.10 Å². The first-order chi connectivity index (χ1) is 7.00. The largest absolute Gasteiger partial charge is 0.350 e. The fourth-order valence-electron chi connectivity index (χ4n) is 1.17. The van der Waals surface area contributed by atoms with E-state index in [1.807, 2.05) is 39.0 Å². The molecular weight excluding hydrogens is 190 g/mol. The van der Waals surface area contributed by atoms with Crippen LogP contribution in [0.3, 0.4) is 0 Å². The summed E-state index contributed by atoms with van der Waals surface area (Å²) in [6.07, 6.45) is 0. The first-order valence-electron chi connectivity index (χ1n) is 4.68. The molecule has 0 bridgehead atoms. The average Bonchev–Trinajstić information content (AvgIpc) is 2.18. The van der Waals surface area contributed by atoms with E-state index in [-0.39, 0.29) is 0 Å². The summed E-state index contributed by atoms with van der Waals surface area (Å²) < 4.78 is 0. The number of aryl methyl sites for hydroxylation is 2. The molecule has 0 fully saturated rings. The second kappa shape index (κ2) is 4.59. The maximum Gasteiger partial charge on any atom is 0.332 e. The summed E-state index contributed by atoms with van der Waals surface area (Å²) in [5.41, 5.74) is 11.3. The summed E-state index contributed by atoms with van der Waals surface area (Å²) in [6, 6.07) is 5.35. The summed E-state index contributed by atoms with van der Waals surface area (Å²) in [6.45, 7) is 5.90. The quantitative estimate of drug-likeness (QED) is 0.560. The molecule has 0 aromatic heterocycles. The fourth-order valence-corrected chi connectivity index (χ4v) is 1.17. The van der Waals surface area contributed by atoms with Gasteiger partial charge in [-0.05, 0) is 43.5 Å². The Hall–Kier alpha value is -1.84. The number of primary amides is 1. The number of nitrogens with one attached hydrogen (secondary N) is 1. The summed E-state index contributed by atoms with van der Waals surface area (Å²) in [4.78, 5) is 10.5. The lowest BCUT2D eigenvalue weighted by Gasteiger charge is -2.04. The van der Waals surface area contributed by atoms with Crippen LogP contribution in [0.25, 0.3) is 0 Å². The fraction of sp³-hybridized carbons (Fsp3) is 0.273. The smallest absolute Gasteiger partial charge is 0.332 e. The van der Waals surface area contributed by atoms with Crippen LogP contribution in [0.1, 0.15) is 23.6 Å². The van der Waals surface area contributed by atoms with Crippen LogP contribution in [0.2, 0.25) is 0 Å². The number of hydrogen-bond donors (Lipinski definition) is 2. The van der Waals surface area contributed by atoms with Gasteiger partial charge in [0.1, 0.15) is 0 Å². The highest BCUT2D eigenvalue weighted by molar-refractivity contribution is 5.99. The normalized spacial score (nSPS) is 11.3. The van der Waals surface area contributed by atoms with Crippen molar-refractivity contribution >= 4 is 11.7 Å². The van der Waals surface area contributed by atoms with Gasteiger partial charge in [0.2, 0.25) is 0 Å². The van der Waals surface area contributed by atoms with Gasteiger partial charge < -0.3 is 5.73 Å². The predicted molar refractivity (Wildman–Crippen MR) is 60.8 cm³/mol. The molecule has 0 unspecified atom stereocenters. The van der Waals surface area contributed by atoms with Crippen molar-refractivity contribution in [3.05, 3.63) is 34.9 Å². The van der Waals surface area contributed by atoms with Crippen LogP contribution in [0.15, 0.2) is 23.3 Å². The van der Waals surface area contributed by atoms with Crippen LogP contribution < -0.4 is 11.2 Å². The molecule has 0 spiro atoms. The topological polar surface area (TPSA) is 67.5 Å². The molecule has 4 nitrogen and oxygen atoms in total. The minimum absolute atomic E-state index is 0.654. The van der Waals surface area contributed by atoms with E-state index in [0.29, 0.717) is 0 Å². The van der Waals surface area contributed by atoms with Crippen molar-refractivity contribution in [1.82, 2.24) is 5.43 Å². The number of hydrazone groups is 1. The third kappa shape index (κ3) is 3.09. The number of rotatable bonds is 2. The van der Waals surface area contributed by atoms with Crippen LogP contribution >= 0.6 is 0 Å². The maximum absolute atomic E-state index is 10.5. The molecule has 0 aliphatic carbocycles. The lowest BCUT2D eigenvalue weighted by molar-refractivity contribution is 0.249. The predicted octanol–water partition coefficient (Wildman–Crippen LogP) is 1.70. The second-order valence-electron chi connectivity index (χ2n) is 3.47. The van der Waals surface area contributed by atoms with Gasteiger partial charge in [-0.1, -0.05) is 12.1 Å². The first-order valence-corrected chi connectivity index (χ1v) is 4.68. The van der Waals surface area contributed by atoms with Gasteiger partial charge in [0.05, 0.1) is 5.71 Å². The number of nitrogens with two attached hydrogens (primary N) is 1. The lowest BCUT2D eigenvalue weighted by atomic mass is 10.0. The molecule has 1 aromatic rings. The van der Waals surface area contributed by atoms with E-state index in [2.05, 4.69) is 10.5 Å². The van der Waals surface area contributed by atoms with E-state index in [9.17, 15) is 4.79 Å². The highest BCUT2D eigenvalue weighted by Crippen LogP contribution is 2.10. The van der Waals surface area contributed by atoms with Gasteiger partial charge in [-0.25, -0.2) is 10.2 Å². The molecule has 0 heterocycles. The minimum Gasteiger partial charge on any atom is -0.350 e. The summed E-state index contributed by atoms with van der Waals surface area (Å²) in [5, 5.41) is 3.86. The summed E-state index contributed by atoms with van der Waals surface area (Å²) >= 11 is 0. The molecule has 15 heavy (non-hydrogen) atoms. The molecule has 80 valence electrons. The Morgan fingerprint density at radius 3 is 2.53 bits per heavy atom. The van der Waals surface area contributed by atoms with E-state index in [1.54, 1.807) is 0 Å².